The predicted molar refractivity (Wildman–Crippen MR) is 131 cm³/mol. The number of allylic oxidation sites excluding steroid dienone is 1. The van der Waals surface area contributed by atoms with Gasteiger partial charge in [-0.05, 0) is 48.0 Å². The molecule has 8 nitrogen and oxygen atoms in total. The highest BCUT2D eigenvalue weighted by Gasteiger charge is 2.33. The molecule has 3 N–H and O–H groups in total. The van der Waals surface area contributed by atoms with E-state index >= 15 is 0 Å². The maximum atomic E-state index is 11.6. The first kappa shape index (κ1) is 24.1. The van der Waals surface area contributed by atoms with E-state index in [9.17, 15) is 25.9 Å². The standard InChI is InChI=1S/C19H20ClIN2O6S2/c1-19(2)14-11-13(30(24,25)26)5-7-16(14)23(3)21-18(19)8-9-22-12-4-6-15(20)17(10-12)31(27,28)29/h4-11,22H,1-3H3,(H,24,25,26)(H,27,28,29)/b9-8+. The van der Waals surface area contributed by atoms with Gasteiger partial charge in [-0.15, -0.1) is 0 Å². The first-order chi connectivity index (χ1) is 14.2. The number of rotatable bonds is 5. The lowest BCUT2D eigenvalue weighted by Crippen LogP contribution is -2.33. The summed E-state index contributed by atoms with van der Waals surface area (Å²) in [6, 6.07) is 8.75. The van der Waals surface area contributed by atoms with Crippen molar-refractivity contribution in [2.75, 3.05) is 15.5 Å². The van der Waals surface area contributed by atoms with Crippen molar-refractivity contribution in [1.29, 1.82) is 0 Å². The molecule has 0 aliphatic carbocycles. The number of hydrogen-bond acceptors (Lipinski definition) is 6. The van der Waals surface area contributed by atoms with Gasteiger partial charge in [0.2, 0.25) is 0 Å². The van der Waals surface area contributed by atoms with Crippen molar-refractivity contribution in [1.82, 2.24) is 0 Å². The fourth-order valence-corrected chi connectivity index (χ4v) is 7.30. The average Bonchev–Trinajstić information content (AvgIpc) is 2.65. The van der Waals surface area contributed by atoms with Crippen LogP contribution in [0.25, 0.3) is 0 Å². The molecule has 0 amide bonds. The van der Waals surface area contributed by atoms with Crippen LogP contribution < -0.4 is 8.43 Å². The summed E-state index contributed by atoms with van der Waals surface area (Å²) >= 11 is 5.24. The normalized spacial score (nSPS) is 16.5. The van der Waals surface area contributed by atoms with Crippen LogP contribution in [0, 0.1) is 0 Å². The van der Waals surface area contributed by atoms with Crippen LogP contribution in [0.5, 0.6) is 0 Å². The largest absolute Gasteiger partial charge is 0.362 e. The van der Waals surface area contributed by atoms with E-state index in [0.717, 1.165) is 14.8 Å². The molecule has 12 heteroatoms. The zero-order chi connectivity index (χ0) is 23.2. The number of fused-ring (bicyclic) bond motifs is 1. The molecule has 0 unspecified atom stereocenters. The van der Waals surface area contributed by atoms with Gasteiger partial charge in [-0.1, -0.05) is 25.4 Å². The third kappa shape index (κ3) is 5.12. The minimum Gasteiger partial charge on any atom is -0.362 e. The number of halogens is 2. The van der Waals surface area contributed by atoms with Gasteiger partial charge in [0.05, 0.1) is 9.92 Å². The number of anilines is 2. The summed E-state index contributed by atoms with van der Waals surface area (Å²) in [7, 11) is -6.85. The molecule has 1 aliphatic heterocycles. The highest BCUT2D eigenvalue weighted by atomic mass is 127. The van der Waals surface area contributed by atoms with Crippen LogP contribution >= 0.6 is 32.6 Å². The van der Waals surface area contributed by atoms with E-state index in [-0.39, 0.29) is 9.92 Å². The Morgan fingerprint density at radius 2 is 1.74 bits per heavy atom. The third-order valence-corrected chi connectivity index (χ3v) is 10.4. The fraction of sp³-hybridized carbons (Fsp3) is 0.211. The van der Waals surface area contributed by atoms with Crippen LogP contribution in [-0.4, -0.2) is 36.5 Å². The topological polar surface area (TPSA) is 124 Å². The van der Waals surface area contributed by atoms with Crippen molar-refractivity contribution in [3.05, 3.63) is 59.3 Å². The maximum Gasteiger partial charge on any atom is 0.296 e. The Morgan fingerprint density at radius 1 is 1.06 bits per heavy atom. The predicted octanol–water partition coefficient (Wildman–Crippen LogP) is 4.24. The Labute approximate surface area is 196 Å². The summed E-state index contributed by atoms with van der Waals surface area (Å²) in [4.78, 5) is -0.551. The van der Waals surface area contributed by atoms with E-state index in [1.54, 1.807) is 18.3 Å². The van der Waals surface area contributed by atoms with Gasteiger partial charge in [-0.3, -0.25) is 9.11 Å². The van der Waals surface area contributed by atoms with Crippen molar-refractivity contribution in [2.45, 2.75) is 29.1 Å². The summed E-state index contributed by atoms with van der Waals surface area (Å²) in [5, 5.41) is 2.89. The van der Waals surface area contributed by atoms with Crippen LogP contribution in [0.3, 0.4) is 0 Å². The number of nitrogens with zero attached hydrogens (tertiary/aromatic N) is 1. The lowest BCUT2D eigenvalue weighted by atomic mass is 9.80. The lowest BCUT2D eigenvalue weighted by Gasteiger charge is -2.36. The Balaban J connectivity index is 1.92. The number of hydrogen-bond donors (Lipinski definition) is 3. The van der Waals surface area contributed by atoms with Crippen molar-refractivity contribution in [3.8, 4) is 0 Å². The smallest absolute Gasteiger partial charge is 0.296 e. The molecule has 168 valence electrons. The highest BCUT2D eigenvalue weighted by Crippen LogP contribution is 2.43. The monoisotopic (exact) mass is 598 g/mol. The lowest BCUT2D eigenvalue weighted by molar-refractivity contribution is 0.481. The summed E-state index contributed by atoms with van der Waals surface area (Å²) in [6.45, 7) is 3.95. The van der Waals surface area contributed by atoms with Gasteiger partial charge in [0.25, 0.3) is 20.2 Å². The van der Waals surface area contributed by atoms with E-state index < -0.39 is 51.6 Å². The summed E-state index contributed by atoms with van der Waals surface area (Å²) < 4.78 is 67.9. The number of benzene rings is 2. The molecular weight excluding hydrogens is 579 g/mol. The molecule has 0 bridgehead atoms. The molecule has 0 saturated heterocycles. The minimum absolute atomic E-state index is 0.0847. The van der Waals surface area contributed by atoms with Crippen molar-refractivity contribution in [2.24, 2.45) is 0 Å². The van der Waals surface area contributed by atoms with Gasteiger partial charge >= 0.3 is 0 Å². The Kier molecular flexibility index (Phi) is 6.58. The van der Waals surface area contributed by atoms with Gasteiger partial charge in [0.1, 0.15) is 4.90 Å². The molecular formula is C19H20ClIN2O6S2. The van der Waals surface area contributed by atoms with E-state index in [2.05, 4.69) is 8.43 Å². The van der Waals surface area contributed by atoms with Crippen LogP contribution in [0.4, 0.5) is 11.4 Å². The maximum absolute atomic E-state index is 11.6. The van der Waals surface area contributed by atoms with Crippen LogP contribution in [0.2, 0.25) is 5.02 Å². The van der Waals surface area contributed by atoms with Crippen molar-refractivity contribution < 1.29 is 25.9 Å². The molecule has 2 aromatic rings. The molecule has 1 heterocycles. The highest BCUT2D eigenvalue weighted by molar-refractivity contribution is 14.2. The zero-order valence-corrected chi connectivity index (χ0v) is 21.2. The van der Waals surface area contributed by atoms with Crippen LogP contribution in [-0.2, 0) is 25.7 Å². The zero-order valence-electron chi connectivity index (χ0n) is 16.7. The molecule has 0 fully saturated rings. The van der Waals surface area contributed by atoms with Gasteiger partial charge in [-0.2, -0.15) is 16.8 Å². The molecule has 0 aromatic heterocycles. The van der Waals surface area contributed by atoms with Gasteiger partial charge < -0.3 is 8.43 Å². The summed E-state index contributed by atoms with van der Waals surface area (Å²) in [5.74, 6) is 0. The molecule has 31 heavy (non-hydrogen) atoms. The van der Waals surface area contributed by atoms with Crippen LogP contribution in [0.1, 0.15) is 19.4 Å². The molecule has 0 saturated carbocycles. The van der Waals surface area contributed by atoms with E-state index in [1.807, 2.05) is 27.0 Å². The fourth-order valence-electron chi connectivity index (χ4n) is 3.10. The number of nitrogens with one attached hydrogen (secondary N) is 1. The Bertz CT molecular complexity index is 1320. The van der Waals surface area contributed by atoms with Crippen LogP contribution in [0.15, 0.2) is 58.5 Å². The second-order valence-electron chi connectivity index (χ2n) is 7.29. The van der Waals surface area contributed by atoms with Gasteiger partial charge in [-0.25, -0.2) is 0 Å². The first-order valence-corrected chi connectivity index (χ1v) is 14.1. The quantitative estimate of drug-likeness (QED) is 0.265. The molecule has 3 rings (SSSR count). The van der Waals surface area contributed by atoms with Gasteiger partial charge in [0.15, 0.2) is 0 Å². The Morgan fingerprint density at radius 3 is 2.35 bits per heavy atom. The van der Waals surface area contributed by atoms with E-state index in [4.69, 9.17) is 11.6 Å². The first-order valence-electron chi connectivity index (χ1n) is 8.79. The SMILES string of the molecule is CN1I=C(/C=C/Nc2ccc(Cl)c(S(=O)(=O)O)c2)C(C)(C)c2cc(S(=O)(=O)O)ccc21. The second-order valence-corrected chi connectivity index (χ2v) is 13.6. The molecule has 0 radical (unpaired) electrons. The summed E-state index contributed by atoms with van der Waals surface area (Å²) in [6.07, 6.45) is 3.52. The average molecular weight is 599 g/mol. The summed E-state index contributed by atoms with van der Waals surface area (Å²) in [5.41, 5.74) is 1.61. The van der Waals surface area contributed by atoms with E-state index in [0.29, 0.717) is 5.69 Å². The molecule has 2 aromatic carbocycles. The molecule has 0 atom stereocenters. The second kappa shape index (κ2) is 8.45. The molecule has 0 spiro atoms. The van der Waals surface area contributed by atoms with Gasteiger partial charge in [0, 0.05) is 54.6 Å². The van der Waals surface area contributed by atoms with Crippen molar-refractivity contribution in [3.63, 3.8) is 0 Å². The third-order valence-electron chi connectivity index (χ3n) is 4.77. The minimum atomic E-state index is -4.45. The van der Waals surface area contributed by atoms with Crippen molar-refractivity contribution >= 4 is 67.7 Å². The molecule has 1 aliphatic rings. The Hall–Kier alpha value is -1.51. The van der Waals surface area contributed by atoms with E-state index in [1.165, 1.54) is 24.3 Å².